The van der Waals surface area contributed by atoms with Crippen LogP contribution in [0, 0.1) is 0 Å². The number of fused-ring (bicyclic) bond motifs is 3. The molecule has 0 spiro atoms. The molecular weight excluding hydrogens is 325 g/mol. The number of thioether (sulfide) groups is 1. The zero-order chi connectivity index (χ0) is 14.4. The van der Waals surface area contributed by atoms with Crippen LogP contribution in [-0.4, -0.2) is 51.8 Å². The molecule has 1 N–H and O–H groups in total. The highest BCUT2D eigenvalue weighted by molar-refractivity contribution is 8.17. The van der Waals surface area contributed by atoms with E-state index < -0.39 is 6.49 Å². The maximum absolute atomic E-state index is 5.92. The van der Waals surface area contributed by atoms with Gasteiger partial charge in [-0.3, -0.25) is 0 Å². The number of hydrogen-bond donors (Lipinski definition) is 1. The van der Waals surface area contributed by atoms with Gasteiger partial charge in [0.2, 0.25) is 6.49 Å². The number of imidazole rings is 1. The summed E-state index contributed by atoms with van der Waals surface area (Å²) in [4.78, 5) is 4.78. The zero-order valence-electron chi connectivity index (χ0n) is 11.9. The number of nitrogens with one attached hydrogen (secondary N) is 1. The molecule has 0 aromatic carbocycles. The lowest BCUT2D eigenvalue weighted by atomic mass is 10.3. The van der Waals surface area contributed by atoms with E-state index in [0.717, 1.165) is 55.8 Å². The van der Waals surface area contributed by atoms with Crippen LogP contribution in [0.15, 0.2) is 4.76 Å². The average Bonchev–Trinajstić information content (AvgIpc) is 3.07. The second-order valence-corrected chi connectivity index (χ2v) is 9.71. The molecule has 9 heteroatoms. The van der Waals surface area contributed by atoms with Gasteiger partial charge < -0.3 is 14.4 Å². The standard InChI is InChI=1S/C12H18N5OPS2/c1-21-12-10-11(13-9-3-2-4-17(9)10)14-19(20,15-12)16-5-7-18-8-6-16/h2-8H2,1H3,(H,14,15,20)/t19-/m1/s1. The molecule has 0 bridgehead atoms. The number of hydrogen-bond acceptors (Lipinski definition) is 4. The highest BCUT2D eigenvalue weighted by Crippen LogP contribution is 2.55. The molecule has 0 unspecified atom stereocenters. The molecule has 4 rings (SSSR count). The van der Waals surface area contributed by atoms with Gasteiger partial charge in [0.15, 0.2) is 5.82 Å². The van der Waals surface area contributed by atoms with Crippen LogP contribution in [-0.2, 0) is 29.5 Å². The van der Waals surface area contributed by atoms with Crippen LogP contribution in [0.5, 0.6) is 0 Å². The molecule has 1 aromatic heterocycles. The van der Waals surface area contributed by atoms with E-state index in [1.807, 2.05) is 0 Å². The van der Waals surface area contributed by atoms with Crippen molar-refractivity contribution in [3.05, 3.63) is 11.5 Å². The van der Waals surface area contributed by atoms with E-state index in [9.17, 15) is 0 Å². The first-order valence-electron chi connectivity index (χ1n) is 7.17. The lowest BCUT2D eigenvalue weighted by molar-refractivity contribution is 0.0747. The Morgan fingerprint density at radius 3 is 2.90 bits per heavy atom. The molecule has 21 heavy (non-hydrogen) atoms. The Balaban J connectivity index is 1.76. The second kappa shape index (κ2) is 5.35. The number of aryl methyl sites for hydroxylation is 1. The summed E-state index contributed by atoms with van der Waals surface area (Å²) in [6.45, 7) is 2.04. The largest absolute Gasteiger partial charge is 0.379 e. The molecule has 1 saturated heterocycles. The summed E-state index contributed by atoms with van der Waals surface area (Å²) >= 11 is 7.60. The first kappa shape index (κ1) is 14.2. The summed E-state index contributed by atoms with van der Waals surface area (Å²) in [5.41, 5.74) is 1.14. The van der Waals surface area contributed by atoms with Crippen LogP contribution in [0.1, 0.15) is 17.9 Å². The van der Waals surface area contributed by atoms with Crippen molar-refractivity contribution in [3.8, 4) is 0 Å². The van der Waals surface area contributed by atoms with Crippen molar-refractivity contribution in [2.45, 2.75) is 19.4 Å². The minimum Gasteiger partial charge on any atom is -0.379 e. The third kappa shape index (κ3) is 2.28. The molecule has 1 aromatic rings. The molecule has 114 valence electrons. The fourth-order valence-corrected chi connectivity index (χ4v) is 7.08. The van der Waals surface area contributed by atoms with E-state index >= 15 is 0 Å². The zero-order valence-corrected chi connectivity index (χ0v) is 14.4. The number of aromatic nitrogens is 2. The third-order valence-corrected chi connectivity index (χ3v) is 8.23. The van der Waals surface area contributed by atoms with Gasteiger partial charge in [-0.05, 0) is 24.5 Å². The van der Waals surface area contributed by atoms with E-state index in [1.165, 1.54) is 12.2 Å². The van der Waals surface area contributed by atoms with Gasteiger partial charge in [0.05, 0.1) is 13.2 Å². The van der Waals surface area contributed by atoms with Crippen molar-refractivity contribution in [1.29, 1.82) is 0 Å². The third-order valence-electron chi connectivity index (χ3n) is 4.07. The Morgan fingerprint density at radius 1 is 1.33 bits per heavy atom. The lowest BCUT2D eigenvalue weighted by Crippen LogP contribution is -2.36. The summed E-state index contributed by atoms with van der Waals surface area (Å²) in [5, 5.41) is 4.54. The SMILES string of the molecule is CSC1=N[P@@](=S)(N2CCOCC2)Nc2nc3n(c21)CCC3. The molecular formula is C12H18N5OPS2. The minimum atomic E-state index is -2.16. The van der Waals surface area contributed by atoms with E-state index in [1.54, 1.807) is 11.8 Å². The van der Waals surface area contributed by atoms with Gasteiger partial charge in [-0.1, -0.05) is 0 Å². The van der Waals surface area contributed by atoms with Gasteiger partial charge in [0, 0.05) is 26.1 Å². The maximum Gasteiger partial charge on any atom is 0.212 e. The number of anilines is 1. The van der Waals surface area contributed by atoms with Crippen molar-refractivity contribution in [2.75, 3.05) is 37.6 Å². The monoisotopic (exact) mass is 343 g/mol. The van der Waals surface area contributed by atoms with Gasteiger partial charge in [-0.15, -0.1) is 11.8 Å². The van der Waals surface area contributed by atoms with E-state index in [0.29, 0.717) is 0 Å². The summed E-state index contributed by atoms with van der Waals surface area (Å²) in [7, 11) is 0. The molecule has 3 aliphatic rings. The Morgan fingerprint density at radius 2 is 2.14 bits per heavy atom. The van der Waals surface area contributed by atoms with Gasteiger partial charge >= 0.3 is 0 Å². The first-order chi connectivity index (χ1) is 10.2. The van der Waals surface area contributed by atoms with Gasteiger partial charge in [0.25, 0.3) is 0 Å². The van der Waals surface area contributed by atoms with Crippen molar-refractivity contribution < 1.29 is 4.74 Å². The van der Waals surface area contributed by atoms with E-state index in [4.69, 9.17) is 26.3 Å². The molecule has 0 aliphatic carbocycles. The van der Waals surface area contributed by atoms with Crippen LogP contribution >= 0.6 is 18.3 Å². The van der Waals surface area contributed by atoms with Gasteiger partial charge in [-0.25, -0.2) is 14.4 Å². The summed E-state index contributed by atoms with van der Waals surface area (Å²) in [5.74, 6) is 2.11. The van der Waals surface area contributed by atoms with Crippen LogP contribution < -0.4 is 5.09 Å². The Labute approximate surface area is 133 Å². The highest BCUT2D eigenvalue weighted by Gasteiger charge is 2.36. The smallest absolute Gasteiger partial charge is 0.212 e. The Hall–Kier alpha value is -0.400. The predicted octanol–water partition coefficient (Wildman–Crippen LogP) is 1.92. The number of morpholine rings is 1. The number of ether oxygens (including phenoxy) is 1. The van der Waals surface area contributed by atoms with Crippen LogP contribution in [0.3, 0.4) is 0 Å². The molecule has 0 amide bonds. The van der Waals surface area contributed by atoms with Crippen LogP contribution in [0.2, 0.25) is 0 Å². The minimum absolute atomic E-state index is 0.733. The van der Waals surface area contributed by atoms with Crippen LogP contribution in [0.4, 0.5) is 5.82 Å². The second-order valence-electron chi connectivity index (χ2n) is 5.31. The molecule has 4 heterocycles. The number of nitrogens with zero attached hydrogens (tertiary/aromatic N) is 4. The Bertz CT molecular complexity index is 652. The van der Waals surface area contributed by atoms with Gasteiger partial charge in [-0.2, -0.15) is 0 Å². The summed E-state index contributed by atoms with van der Waals surface area (Å²) < 4.78 is 15.0. The van der Waals surface area contributed by atoms with Crippen LogP contribution in [0.25, 0.3) is 0 Å². The van der Waals surface area contributed by atoms with E-state index in [-0.39, 0.29) is 0 Å². The topological polar surface area (TPSA) is 54.7 Å². The molecule has 6 nitrogen and oxygen atoms in total. The van der Waals surface area contributed by atoms with Gasteiger partial charge in [0.1, 0.15) is 16.6 Å². The molecule has 0 radical (unpaired) electrons. The fraction of sp³-hybridized carbons (Fsp3) is 0.667. The fourth-order valence-electron chi connectivity index (χ4n) is 3.05. The van der Waals surface area contributed by atoms with Crippen molar-refractivity contribution in [1.82, 2.24) is 14.2 Å². The molecule has 0 saturated carbocycles. The highest BCUT2D eigenvalue weighted by atomic mass is 32.4. The lowest BCUT2D eigenvalue weighted by Gasteiger charge is -2.37. The summed E-state index contributed by atoms with van der Waals surface area (Å²) in [6.07, 6.45) is 4.30. The van der Waals surface area contributed by atoms with Crippen molar-refractivity contribution in [3.63, 3.8) is 0 Å². The van der Waals surface area contributed by atoms with Crippen molar-refractivity contribution in [2.24, 2.45) is 4.76 Å². The Kier molecular flexibility index (Phi) is 3.62. The predicted molar refractivity (Wildman–Crippen MR) is 90.9 cm³/mol. The number of rotatable bonds is 1. The molecule has 1 atom stereocenters. The maximum atomic E-state index is 5.92. The van der Waals surface area contributed by atoms with E-state index in [2.05, 4.69) is 20.6 Å². The normalized spacial score (nSPS) is 28.7. The first-order valence-corrected chi connectivity index (χ1v) is 11.1. The molecule has 1 fully saturated rings. The molecule has 3 aliphatic heterocycles. The summed E-state index contributed by atoms with van der Waals surface area (Å²) in [6, 6.07) is 0. The quantitative estimate of drug-likeness (QED) is 0.787. The average molecular weight is 343 g/mol. The van der Waals surface area contributed by atoms with Crippen molar-refractivity contribution >= 4 is 40.9 Å².